The van der Waals surface area contributed by atoms with E-state index in [9.17, 15) is 0 Å². The Bertz CT molecular complexity index is 751. The smallest absolute Gasteiger partial charge is 0.170 e. The van der Waals surface area contributed by atoms with Crippen molar-refractivity contribution in [2.24, 2.45) is 0 Å². The molecule has 27 heavy (non-hydrogen) atoms. The highest BCUT2D eigenvalue weighted by Crippen LogP contribution is 2.14. The number of nitrogens with one attached hydrogen (secondary N) is 4. The van der Waals surface area contributed by atoms with Crippen LogP contribution in [-0.2, 0) is 0 Å². The van der Waals surface area contributed by atoms with Gasteiger partial charge in [0.1, 0.15) is 0 Å². The highest BCUT2D eigenvalue weighted by Gasteiger charge is 2.08. The fraction of sp³-hybridized carbons (Fsp3) is 0.263. The van der Waals surface area contributed by atoms with Gasteiger partial charge in [-0.3, -0.25) is 0 Å². The van der Waals surface area contributed by atoms with Gasteiger partial charge in [-0.1, -0.05) is 30.1 Å². The molecule has 0 aliphatic heterocycles. The molecule has 4 N–H and O–H groups in total. The average Bonchev–Trinajstić information content (AvgIpc) is 2.64. The van der Waals surface area contributed by atoms with E-state index in [0.29, 0.717) is 20.3 Å². The summed E-state index contributed by atoms with van der Waals surface area (Å²) in [6.45, 7) is 2.85. The number of halogens is 2. The minimum Gasteiger partial charge on any atom is -0.362 e. The van der Waals surface area contributed by atoms with Gasteiger partial charge in [0.15, 0.2) is 10.2 Å². The predicted octanol–water partition coefficient (Wildman–Crippen LogP) is 5.44. The molecule has 0 spiro atoms. The van der Waals surface area contributed by atoms with E-state index < -0.39 is 0 Å². The Morgan fingerprint density at radius 3 is 1.81 bits per heavy atom. The average molecular weight is 441 g/mol. The van der Waals surface area contributed by atoms with Crippen LogP contribution in [0.5, 0.6) is 0 Å². The lowest BCUT2D eigenvalue weighted by atomic mass is 10.1. The first kappa shape index (κ1) is 21.7. The third-order valence-corrected chi connectivity index (χ3v) is 4.78. The van der Waals surface area contributed by atoms with Crippen LogP contribution in [0.4, 0.5) is 11.4 Å². The van der Waals surface area contributed by atoms with E-state index in [1.807, 2.05) is 48.5 Å². The number of thiocarbonyl (C=S) groups is 2. The summed E-state index contributed by atoms with van der Waals surface area (Å²) in [5.74, 6) is 0. The number of hydrogen-bond donors (Lipinski definition) is 4. The molecule has 8 heteroatoms. The van der Waals surface area contributed by atoms with Gasteiger partial charge in [-0.25, -0.2) is 0 Å². The molecular weight excluding hydrogens is 419 g/mol. The number of rotatable bonds is 7. The zero-order valence-electron chi connectivity index (χ0n) is 14.9. The van der Waals surface area contributed by atoms with E-state index in [1.54, 1.807) is 0 Å². The molecule has 0 aliphatic rings. The van der Waals surface area contributed by atoms with Gasteiger partial charge in [-0.15, -0.1) is 0 Å². The van der Waals surface area contributed by atoms with Crippen LogP contribution >= 0.6 is 47.6 Å². The molecular formula is C19H22Cl2N4S2. The molecule has 0 amide bonds. The Morgan fingerprint density at radius 1 is 0.852 bits per heavy atom. The maximum Gasteiger partial charge on any atom is 0.170 e. The number of anilines is 2. The maximum atomic E-state index is 5.89. The zero-order chi connectivity index (χ0) is 19.6. The largest absolute Gasteiger partial charge is 0.362 e. The van der Waals surface area contributed by atoms with Crippen LogP contribution in [0.15, 0.2) is 48.5 Å². The van der Waals surface area contributed by atoms with Crippen LogP contribution in [0.25, 0.3) is 0 Å². The topological polar surface area (TPSA) is 48.1 Å². The van der Waals surface area contributed by atoms with Crippen molar-refractivity contribution in [3.05, 3.63) is 58.6 Å². The molecule has 0 aliphatic carbocycles. The van der Waals surface area contributed by atoms with Crippen molar-refractivity contribution in [2.75, 3.05) is 17.2 Å². The minimum absolute atomic E-state index is 0.239. The summed E-state index contributed by atoms with van der Waals surface area (Å²) in [5.41, 5.74) is 1.80. The van der Waals surface area contributed by atoms with E-state index in [1.165, 1.54) is 0 Å². The summed E-state index contributed by atoms with van der Waals surface area (Å²) in [6.07, 6.45) is 1.82. The van der Waals surface area contributed by atoms with Gasteiger partial charge in [0.25, 0.3) is 0 Å². The number of hydrogen-bond acceptors (Lipinski definition) is 2. The van der Waals surface area contributed by atoms with Crippen molar-refractivity contribution >= 4 is 69.2 Å². The molecule has 0 aromatic heterocycles. The highest BCUT2D eigenvalue weighted by atomic mass is 35.5. The molecule has 4 nitrogen and oxygen atoms in total. The first-order valence-electron chi connectivity index (χ1n) is 8.59. The lowest BCUT2D eigenvalue weighted by molar-refractivity contribution is 0.542. The van der Waals surface area contributed by atoms with Gasteiger partial charge in [0.2, 0.25) is 0 Å². The van der Waals surface area contributed by atoms with Crippen LogP contribution < -0.4 is 21.3 Å². The summed E-state index contributed by atoms with van der Waals surface area (Å²) in [5, 5.41) is 15.4. The second-order valence-electron chi connectivity index (χ2n) is 5.89. The van der Waals surface area contributed by atoms with Crippen molar-refractivity contribution in [1.29, 1.82) is 0 Å². The third-order valence-electron chi connectivity index (χ3n) is 3.81. The number of benzene rings is 2. The molecule has 1 atom stereocenters. The Kier molecular flexibility index (Phi) is 9.07. The van der Waals surface area contributed by atoms with E-state index in [2.05, 4.69) is 28.2 Å². The Morgan fingerprint density at radius 2 is 1.33 bits per heavy atom. The predicted molar refractivity (Wildman–Crippen MR) is 125 cm³/mol. The van der Waals surface area contributed by atoms with Crippen LogP contribution in [0.1, 0.15) is 19.8 Å². The van der Waals surface area contributed by atoms with Crippen LogP contribution in [0, 0.1) is 0 Å². The van der Waals surface area contributed by atoms with Gasteiger partial charge in [0, 0.05) is 34.0 Å². The fourth-order valence-electron chi connectivity index (χ4n) is 2.33. The lowest BCUT2D eigenvalue weighted by Crippen LogP contribution is -2.40. The molecule has 1 unspecified atom stereocenters. The molecule has 0 heterocycles. The van der Waals surface area contributed by atoms with E-state index in [-0.39, 0.29) is 6.04 Å². The van der Waals surface area contributed by atoms with Crippen LogP contribution in [-0.4, -0.2) is 22.8 Å². The standard InChI is InChI=1S/C19H22Cl2N4S2/c1-2-15(23-19(27)25-17-9-5-14(21)6-10-17)11-12-22-18(26)24-16-7-3-13(20)4-8-16/h3-10,15H,2,11-12H2,1H3,(H2,22,24,26)(H2,23,25,27). The van der Waals surface area contributed by atoms with Crippen LogP contribution in [0.2, 0.25) is 10.0 Å². The molecule has 2 aromatic rings. The van der Waals surface area contributed by atoms with Gasteiger partial charge >= 0.3 is 0 Å². The zero-order valence-corrected chi connectivity index (χ0v) is 18.0. The van der Waals surface area contributed by atoms with Gasteiger partial charge < -0.3 is 21.3 Å². The Hall–Kier alpha value is -1.60. The molecule has 2 rings (SSSR count). The normalized spacial score (nSPS) is 11.4. The third kappa shape index (κ3) is 8.30. The second-order valence-corrected chi connectivity index (χ2v) is 7.58. The Balaban J connectivity index is 1.71. The van der Waals surface area contributed by atoms with Crippen molar-refractivity contribution in [3.63, 3.8) is 0 Å². The fourth-order valence-corrected chi connectivity index (χ4v) is 3.09. The van der Waals surface area contributed by atoms with Gasteiger partial charge in [-0.05, 0) is 85.8 Å². The molecule has 0 radical (unpaired) electrons. The van der Waals surface area contributed by atoms with Gasteiger partial charge in [0.05, 0.1) is 0 Å². The second kappa shape index (κ2) is 11.3. The molecule has 0 saturated heterocycles. The molecule has 0 bridgehead atoms. The van der Waals surface area contributed by atoms with E-state index in [0.717, 1.165) is 30.8 Å². The summed E-state index contributed by atoms with van der Waals surface area (Å²) in [4.78, 5) is 0. The highest BCUT2D eigenvalue weighted by molar-refractivity contribution is 7.80. The molecule has 0 fully saturated rings. The molecule has 2 aromatic carbocycles. The van der Waals surface area contributed by atoms with E-state index >= 15 is 0 Å². The van der Waals surface area contributed by atoms with Crippen molar-refractivity contribution < 1.29 is 0 Å². The van der Waals surface area contributed by atoms with Crippen molar-refractivity contribution in [2.45, 2.75) is 25.8 Å². The summed E-state index contributed by atoms with van der Waals surface area (Å²) in [7, 11) is 0. The van der Waals surface area contributed by atoms with E-state index in [4.69, 9.17) is 47.6 Å². The first-order chi connectivity index (χ1) is 13.0. The lowest BCUT2D eigenvalue weighted by Gasteiger charge is -2.20. The van der Waals surface area contributed by atoms with Crippen molar-refractivity contribution in [3.8, 4) is 0 Å². The summed E-state index contributed by atoms with van der Waals surface area (Å²) < 4.78 is 0. The van der Waals surface area contributed by atoms with Crippen molar-refractivity contribution in [1.82, 2.24) is 10.6 Å². The Labute approximate surface area is 181 Å². The van der Waals surface area contributed by atoms with Crippen LogP contribution in [0.3, 0.4) is 0 Å². The minimum atomic E-state index is 0.239. The SMILES string of the molecule is CCC(CCNC(=S)Nc1ccc(Cl)cc1)NC(=S)Nc1ccc(Cl)cc1. The summed E-state index contributed by atoms with van der Waals surface area (Å²) >= 11 is 22.5. The monoisotopic (exact) mass is 440 g/mol. The summed E-state index contributed by atoms with van der Waals surface area (Å²) in [6, 6.07) is 15.1. The first-order valence-corrected chi connectivity index (χ1v) is 10.2. The molecule has 144 valence electrons. The maximum absolute atomic E-state index is 5.89. The quantitative estimate of drug-likeness (QED) is 0.430. The molecule has 0 saturated carbocycles. The van der Waals surface area contributed by atoms with Gasteiger partial charge in [-0.2, -0.15) is 0 Å².